The molecule has 2 nitrogen and oxygen atoms in total. The van der Waals surface area contributed by atoms with Gasteiger partial charge in [-0.2, -0.15) is 0 Å². The van der Waals surface area contributed by atoms with E-state index in [1.165, 1.54) is 0 Å². The topological polar surface area (TPSA) is 43.1 Å². The minimum atomic E-state index is 0. The average molecular weight is 227 g/mol. The number of hydrogen-bond acceptors (Lipinski definition) is 1. The summed E-state index contributed by atoms with van der Waals surface area (Å²) in [6, 6.07) is 0. The van der Waals surface area contributed by atoms with Crippen molar-refractivity contribution in [3.63, 3.8) is 0 Å². The zero-order chi connectivity index (χ0) is 2.71. The summed E-state index contributed by atoms with van der Waals surface area (Å²) in [5, 5.41) is 0. The van der Waals surface area contributed by atoms with Gasteiger partial charge >= 0.3 is 0 Å². The van der Waals surface area contributed by atoms with E-state index in [-0.39, 0.29) is 68.4 Å². The van der Waals surface area contributed by atoms with Crippen LogP contribution in [-0.2, 0) is 4.79 Å². The lowest BCUT2D eigenvalue weighted by Crippen LogP contribution is -1.82. The van der Waals surface area contributed by atoms with Crippen LogP contribution in [-0.4, -0.2) is 6.41 Å². The van der Waals surface area contributed by atoms with Crippen LogP contribution >= 0.6 is 62.0 Å². The SMILES string of the molecule is Cl.Cl.Cl.Cl.Cl.NC=O. The Bertz CT molecular complexity index is 19.9. The minimum Gasteiger partial charge on any atom is -0.372 e. The molecule has 0 saturated carbocycles. The van der Waals surface area contributed by atoms with Crippen LogP contribution in [0.1, 0.15) is 0 Å². The number of amides is 1. The lowest BCUT2D eigenvalue weighted by molar-refractivity contribution is -0.106. The van der Waals surface area contributed by atoms with Crippen molar-refractivity contribution in [1.82, 2.24) is 0 Å². The summed E-state index contributed by atoms with van der Waals surface area (Å²) in [5.41, 5.74) is 4.17. The highest BCUT2D eigenvalue weighted by atomic mass is 35.5. The third-order valence-corrected chi connectivity index (χ3v) is 0. The molecule has 0 bridgehead atoms. The molecule has 0 rings (SSSR count). The summed E-state index contributed by atoms with van der Waals surface area (Å²) < 4.78 is 0. The Morgan fingerprint density at radius 2 is 0.875 bits per heavy atom. The molecule has 2 N–H and O–H groups in total. The zero-order valence-electron chi connectivity index (χ0n) is 3.60. The van der Waals surface area contributed by atoms with Crippen molar-refractivity contribution in [1.29, 1.82) is 0 Å². The first-order valence-electron chi connectivity index (χ1n) is 0.569. The molecule has 0 saturated heterocycles. The fraction of sp³-hybridized carbons (Fsp3) is 0. The van der Waals surface area contributed by atoms with Gasteiger partial charge in [0.2, 0.25) is 6.41 Å². The molecule has 0 unspecified atom stereocenters. The van der Waals surface area contributed by atoms with Crippen molar-refractivity contribution in [3.8, 4) is 0 Å². The molecule has 0 radical (unpaired) electrons. The van der Waals surface area contributed by atoms with Gasteiger partial charge in [-0.3, -0.25) is 4.79 Å². The van der Waals surface area contributed by atoms with Crippen LogP contribution in [0.15, 0.2) is 0 Å². The molecule has 0 aliphatic heterocycles. The molecule has 0 spiro atoms. The van der Waals surface area contributed by atoms with E-state index in [1.807, 2.05) is 0 Å². The van der Waals surface area contributed by atoms with Gasteiger partial charge in [0.05, 0.1) is 0 Å². The Morgan fingerprint density at radius 1 is 0.875 bits per heavy atom. The maximum Gasteiger partial charge on any atom is 0.204 e. The van der Waals surface area contributed by atoms with Gasteiger partial charge < -0.3 is 5.73 Å². The van der Waals surface area contributed by atoms with E-state index >= 15 is 0 Å². The zero-order valence-corrected chi connectivity index (χ0v) is 7.69. The summed E-state index contributed by atoms with van der Waals surface area (Å²) in [4.78, 5) is 8.58. The van der Waals surface area contributed by atoms with E-state index in [4.69, 9.17) is 4.79 Å². The molecule has 0 fully saturated rings. The normalized spacial score (nSPS) is 1.50. The second-order valence-electron chi connectivity index (χ2n) is 0.136. The Morgan fingerprint density at radius 3 is 0.875 bits per heavy atom. The predicted octanol–water partition coefficient (Wildman–Crippen LogP) is 1.21. The summed E-state index contributed by atoms with van der Waals surface area (Å²) in [7, 11) is 0. The quantitative estimate of drug-likeness (QED) is 0.621. The van der Waals surface area contributed by atoms with Crippen LogP contribution in [0.5, 0.6) is 0 Å². The molecule has 0 aromatic carbocycles. The second-order valence-corrected chi connectivity index (χ2v) is 0.136. The Hall–Kier alpha value is 0.920. The van der Waals surface area contributed by atoms with E-state index in [9.17, 15) is 0 Å². The average Bonchev–Trinajstić information content (AvgIpc) is 0.918. The molecule has 58 valence electrons. The predicted molar refractivity (Wildman–Crippen MR) is 46.5 cm³/mol. The summed E-state index contributed by atoms with van der Waals surface area (Å²) >= 11 is 0. The van der Waals surface area contributed by atoms with E-state index in [0.717, 1.165) is 0 Å². The first kappa shape index (κ1) is 65.6. The van der Waals surface area contributed by atoms with Gasteiger partial charge in [-0.05, 0) is 0 Å². The standard InChI is InChI=1S/CH3NO.5ClH/c2-1-3;;;;;/h1H,(H2,2,3);5*1H. The molecule has 8 heavy (non-hydrogen) atoms. The fourth-order valence-corrected chi connectivity index (χ4v) is 0. The minimum absolute atomic E-state index is 0. The summed E-state index contributed by atoms with van der Waals surface area (Å²) in [6.07, 6.45) is 0.250. The van der Waals surface area contributed by atoms with Crippen molar-refractivity contribution in [2.75, 3.05) is 0 Å². The summed E-state index contributed by atoms with van der Waals surface area (Å²) in [6.45, 7) is 0. The molecule has 0 heterocycles. The number of halogens is 5. The van der Waals surface area contributed by atoms with Gasteiger partial charge in [0, 0.05) is 0 Å². The third kappa shape index (κ3) is 287. The van der Waals surface area contributed by atoms with Crippen molar-refractivity contribution < 1.29 is 4.79 Å². The highest BCUT2D eigenvalue weighted by Crippen LogP contribution is 0.799. The lowest BCUT2D eigenvalue weighted by atomic mass is 11.5. The van der Waals surface area contributed by atoms with Gasteiger partial charge in [-0.15, -0.1) is 62.0 Å². The number of nitrogens with two attached hydrogens (primary N) is 1. The van der Waals surface area contributed by atoms with Gasteiger partial charge in [-0.1, -0.05) is 0 Å². The van der Waals surface area contributed by atoms with Crippen molar-refractivity contribution >= 4 is 68.4 Å². The smallest absolute Gasteiger partial charge is 0.204 e. The molecule has 0 aromatic heterocycles. The van der Waals surface area contributed by atoms with Crippen LogP contribution in [0.4, 0.5) is 0 Å². The molecule has 0 aromatic rings. The van der Waals surface area contributed by atoms with Gasteiger partial charge in [-0.25, -0.2) is 0 Å². The van der Waals surface area contributed by atoms with Crippen molar-refractivity contribution in [2.24, 2.45) is 5.73 Å². The molecule has 0 aliphatic rings. The number of hydrogen-bond donors (Lipinski definition) is 1. The van der Waals surface area contributed by atoms with Crippen LogP contribution in [0.2, 0.25) is 0 Å². The third-order valence-electron chi connectivity index (χ3n) is 0. The van der Waals surface area contributed by atoms with Gasteiger partial charge in [0.25, 0.3) is 0 Å². The van der Waals surface area contributed by atoms with Crippen LogP contribution in [0.3, 0.4) is 0 Å². The van der Waals surface area contributed by atoms with E-state index < -0.39 is 0 Å². The number of rotatable bonds is 0. The molecular weight excluding hydrogens is 219 g/mol. The van der Waals surface area contributed by atoms with Crippen molar-refractivity contribution in [2.45, 2.75) is 0 Å². The monoisotopic (exact) mass is 225 g/mol. The van der Waals surface area contributed by atoms with Crippen LogP contribution in [0, 0.1) is 0 Å². The summed E-state index contributed by atoms with van der Waals surface area (Å²) in [5.74, 6) is 0. The van der Waals surface area contributed by atoms with E-state index in [1.54, 1.807) is 0 Å². The van der Waals surface area contributed by atoms with E-state index in [2.05, 4.69) is 5.73 Å². The maximum atomic E-state index is 8.58. The molecule has 7 heteroatoms. The molecule has 0 aliphatic carbocycles. The lowest BCUT2D eigenvalue weighted by Gasteiger charge is -1.32. The largest absolute Gasteiger partial charge is 0.372 e. The number of carbonyl (C=O) groups is 1. The highest BCUT2D eigenvalue weighted by Gasteiger charge is 1.19. The second kappa shape index (κ2) is 103. The molecule has 1 amide bonds. The Balaban J connectivity index is -0.00000000200. The Kier molecular flexibility index (Phi) is 844. The molecule has 0 atom stereocenters. The fourth-order valence-electron chi connectivity index (χ4n) is 0. The van der Waals surface area contributed by atoms with Crippen LogP contribution in [0.25, 0.3) is 0 Å². The number of primary amides is 1. The van der Waals surface area contributed by atoms with Crippen LogP contribution < -0.4 is 5.73 Å². The first-order chi connectivity index (χ1) is 1.41. The number of carbonyl (C=O) groups excluding carboxylic acids is 1. The van der Waals surface area contributed by atoms with E-state index in [0.29, 0.717) is 0 Å². The Labute approximate surface area is 79.0 Å². The van der Waals surface area contributed by atoms with Gasteiger partial charge in [0.1, 0.15) is 0 Å². The van der Waals surface area contributed by atoms with Gasteiger partial charge in [0.15, 0.2) is 0 Å². The maximum absolute atomic E-state index is 8.58. The highest BCUT2D eigenvalue weighted by molar-refractivity contribution is 5.86. The molecular formula is CH8Cl5NO. The first-order valence-corrected chi connectivity index (χ1v) is 0.569. The van der Waals surface area contributed by atoms with Crippen molar-refractivity contribution in [3.05, 3.63) is 0 Å².